The standard InChI is InChI=1S/C14H24N4O2S/c19-14(9-15-3-6-20-11-14)10-16-7-12-8-21-13(17-12)18-4-1-2-5-18/h8,15-16,19H,1-7,9-11H2. The van der Waals surface area contributed by atoms with Gasteiger partial charge in [-0.15, -0.1) is 11.3 Å². The van der Waals surface area contributed by atoms with Gasteiger partial charge in [-0.3, -0.25) is 0 Å². The lowest BCUT2D eigenvalue weighted by molar-refractivity contribution is -0.0264. The second-order valence-electron chi connectivity index (χ2n) is 5.87. The third-order valence-corrected chi connectivity index (χ3v) is 4.87. The molecule has 1 unspecified atom stereocenters. The average molecular weight is 312 g/mol. The van der Waals surface area contributed by atoms with Gasteiger partial charge in [0, 0.05) is 44.6 Å². The van der Waals surface area contributed by atoms with Crippen molar-refractivity contribution in [2.45, 2.75) is 25.0 Å². The number of ether oxygens (including phenoxy) is 1. The van der Waals surface area contributed by atoms with E-state index in [1.54, 1.807) is 11.3 Å². The van der Waals surface area contributed by atoms with E-state index < -0.39 is 5.60 Å². The van der Waals surface area contributed by atoms with E-state index in [9.17, 15) is 5.11 Å². The van der Waals surface area contributed by atoms with Crippen molar-refractivity contribution < 1.29 is 9.84 Å². The maximum Gasteiger partial charge on any atom is 0.185 e. The van der Waals surface area contributed by atoms with Crippen LogP contribution in [0, 0.1) is 0 Å². The fraction of sp³-hybridized carbons (Fsp3) is 0.786. The Morgan fingerprint density at radius 2 is 2.33 bits per heavy atom. The molecule has 21 heavy (non-hydrogen) atoms. The highest BCUT2D eigenvalue weighted by atomic mass is 32.1. The van der Waals surface area contributed by atoms with Crippen LogP contribution in [0.1, 0.15) is 18.5 Å². The zero-order valence-corrected chi connectivity index (χ0v) is 13.1. The molecular formula is C14H24N4O2S. The number of aromatic nitrogens is 1. The van der Waals surface area contributed by atoms with Crippen LogP contribution in [0.4, 0.5) is 5.13 Å². The van der Waals surface area contributed by atoms with Crippen LogP contribution in [0.15, 0.2) is 5.38 Å². The number of β-amino-alcohol motifs (C(OH)–C–C–N with tert-alkyl or cyclic N) is 1. The smallest absolute Gasteiger partial charge is 0.185 e. The molecule has 2 fully saturated rings. The van der Waals surface area contributed by atoms with Crippen LogP contribution in [0.3, 0.4) is 0 Å². The molecule has 1 atom stereocenters. The van der Waals surface area contributed by atoms with Gasteiger partial charge in [0.2, 0.25) is 0 Å². The Morgan fingerprint density at radius 3 is 3.19 bits per heavy atom. The quantitative estimate of drug-likeness (QED) is 0.721. The molecular weight excluding hydrogens is 288 g/mol. The molecule has 0 amide bonds. The van der Waals surface area contributed by atoms with Gasteiger partial charge in [-0.1, -0.05) is 0 Å². The largest absolute Gasteiger partial charge is 0.385 e. The molecule has 2 aliphatic rings. The molecule has 2 saturated heterocycles. The number of nitrogens with zero attached hydrogens (tertiary/aromatic N) is 2. The van der Waals surface area contributed by atoms with Crippen molar-refractivity contribution in [3.63, 3.8) is 0 Å². The Balaban J connectivity index is 1.46. The molecule has 3 heterocycles. The lowest BCUT2D eigenvalue weighted by atomic mass is 10.1. The molecule has 7 heteroatoms. The summed E-state index contributed by atoms with van der Waals surface area (Å²) in [6.45, 7) is 5.86. The number of thiazole rings is 1. The Labute approximate surface area is 129 Å². The summed E-state index contributed by atoms with van der Waals surface area (Å²) in [7, 11) is 0. The van der Waals surface area contributed by atoms with Crippen LogP contribution in [-0.4, -0.2) is 61.6 Å². The monoisotopic (exact) mass is 312 g/mol. The van der Waals surface area contributed by atoms with Crippen molar-refractivity contribution in [2.24, 2.45) is 0 Å². The average Bonchev–Trinajstić information content (AvgIpc) is 3.10. The fourth-order valence-electron chi connectivity index (χ4n) is 2.75. The van der Waals surface area contributed by atoms with Crippen molar-refractivity contribution in [3.05, 3.63) is 11.1 Å². The van der Waals surface area contributed by atoms with E-state index in [-0.39, 0.29) is 0 Å². The summed E-state index contributed by atoms with van der Waals surface area (Å²) < 4.78 is 5.41. The zero-order valence-electron chi connectivity index (χ0n) is 12.3. The lowest BCUT2D eigenvalue weighted by Gasteiger charge is -2.25. The first-order valence-electron chi connectivity index (χ1n) is 7.66. The maximum atomic E-state index is 10.4. The number of aliphatic hydroxyl groups is 1. The van der Waals surface area contributed by atoms with Gasteiger partial charge in [0.05, 0.1) is 18.9 Å². The van der Waals surface area contributed by atoms with Crippen molar-refractivity contribution >= 4 is 16.5 Å². The molecule has 1 aromatic rings. The van der Waals surface area contributed by atoms with Crippen LogP contribution < -0.4 is 15.5 Å². The second kappa shape index (κ2) is 7.02. The molecule has 0 radical (unpaired) electrons. The van der Waals surface area contributed by atoms with Gasteiger partial charge in [-0.2, -0.15) is 0 Å². The highest BCUT2D eigenvalue weighted by Crippen LogP contribution is 2.24. The first-order valence-corrected chi connectivity index (χ1v) is 8.54. The molecule has 3 rings (SSSR count). The number of nitrogens with one attached hydrogen (secondary N) is 2. The van der Waals surface area contributed by atoms with E-state index in [0.717, 1.165) is 30.5 Å². The number of rotatable bonds is 5. The maximum absolute atomic E-state index is 10.4. The van der Waals surface area contributed by atoms with Crippen LogP contribution in [0.25, 0.3) is 0 Å². The van der Waals surface area contributed by atoms with Crippen molar-refractivity contribution in [3.8, 4) is 0 Å². The van der Waals surface area contributed by atoms with Gasteiger partial charge >= 0.3 is 0 Å². The third kappa shape index (κ3) is 4.14. The molecule has 0 aromatic carbocycles. The predicted molar refractivity (Wildman–Crippen MR) is 83.9 cm³/mol. The molecule has 0 bridgehead atoms. The predicted octanol–water partition coefficient (Wildman–Crippen LogP) is 0.184. The van der Waals surface area contributed by atoms with Gasteiger partial charge in [0.25, 0.3) is 0 Å². The topological polar surface area (TPSA) is 69.7 Å². The van der Waals surface area contributed by atoms with E-state index in [2.05, 4.69) is 25.9 Å². The van der Waals surface area contributed by atoms with Gasteiger partial charge in [-0.05, 0) is 12.8 Å². The van der Waals surface area contributed by atoms with E-state index in [4.69, 9.17) is 4.74 Å². The minimum absolute atomic E-state index is 0.378. The van der Waals surface area contributed by atoms with E-state index in [0.29, 0.717) is 32.8 Å². The lowest BCUT2D eigenvalue weighted by Crippen LogP contribution is -2.50. The van der Waals surface area contributed by atoms with Gasteiger partial charge < -0.3 is 25.4 Å². The first kappa shape index (κ1) is 15.2. The number of anilines is 1. The molecule has 1 aromatic heterocycles. The molecule has 118 valence electrons. The molecule has 0 aliphatic carbocycles. The van der Waals surface area contributed by atoms with Gasteiger partial charge in [0.15, 0.2) is 5.13 Å². The second-order valence-corrected chi connectivity index (χ2v) is 6.71. The minimum atomic E-state index is -0.829. The Kier molecular flexibility index (Phi) is 5.07. The molecule has 6 nitrogen and oxygen atoms in total. The van der Waals surface area contributed by atoms with Crippen LogP contribution in [-0.2, 0) is 11.3 Å². The van der Waals surface area contributed by atoms with Crippen molar-refractivity contribution in [2.75, 3.05) is 50.8 Å². The van der Waals surface area contributed by atoms with Crippen LogP contribution >= 0.6 is 11.3 Å². The molecule has 0 saturated carbocycles. The van der Waals surface area contributed by atoms with Gasteiger partial charge in [0.1, 0.15) is 5.60 Å². The van der Waals surface area contributed by atoms with E-state index >= 15 is 0 Å². The molecule has 0 spiro atoms. The highest BCUT2D eigenvalue weighted by molar-refractivity contribution is 7.13. The van der Waals surface area contributed by atoms with Crippen LogP contribution in [0.2, 0.25) is 0 Å². The Bertz CT molecular complexity index is 440. The highest BCUT2D eigenvalue weighted by Gasteiger charge is 2.28. The number of hydrogen-bond acceptors (Lipinski definition) is 7. The summed E-state index contributed by atoms with van der Waals surface area (Å²) in [5.74, 6) is 0. The SMILES string of the molecule is OC1(CNCc2csc(N3CCCC3)n2)CNCCOC1. The van der Waals surface area contributed by atoms with Crippen molar-refractivity contribution in [1.29, 1.82) is 0 Å². The summed E-state index contributed by atoms with van der Waals surface area (Å²) in [5.41, 5.74) is 0.220. The van der Waals surface area contributed by atoms with Gasteiger partial charge in [-0.25, -0.2) is 4.98 Å². The molecule has 2 aliphatic heterocycles. The summed E-state index contributed by atoms with van der Waals surface area (Å²) in [5, 5.41) is 20.2. The minimum Gasteiger partial charge on any atom is -0.385 e. The number of hydrogen-bond donors (Lipinski definition) is 3. The fourth-order valence-corrected chi connectivity index (χ4v) is 3.63. The third-order valence-electron chi connectivity index (χ3n) is 3.92. The van der Waals surface area contributed by atoms with Crippen LogP contribution in [0.5, 0.6) is 0 Å². The Morgan fingerprint density at radius 1 is 1.48 bits per heavy atom. The normalized spacial score (nSPS) is 27.0. The van der Waals surface area contributed by atoms with E-state index in [1.165, 1.54) is 12.8 Å². The summed E-state index contributed by atoms with van der Waals surface area (Å²) in [6.07, 6.45) is 2.54. The van der Waals surface area contributed by atoms with Crippen molar-refractivity contribution in [1.82, 2.24) is 15.6 Å². The first-order chi connectivity index (χ1) is 10.3. The van der Waals surface area contributed by atoms with E-state index in [1.807, 2.05) is 0 Å². The summed E-state index contributed by atoms with van der Waals surface area (Å²) >= 11 is 1.71. The summed E-state index contributed by atoms with van der Waals surface area (Å²) in [4.78, 5) is 7.02. The molecule has 3 N–H and O–H groups in total. The Hall–Kier alpha value is -0.730. The zero-order chi connectivity index (χ0) is 14.5. The summed E-state index contributed by atoms with van der Waals surface area (Å²) in [6, 6.07) is 0.